The monoisotopic (exact) mass is 467 g/mol. The summed E-state index contributed by atoms with van der Waals surface area (Å²) in [6, 6.07) is 0. The smallest absolute Gasteiger partial charge is 0.224 e. The molecule has 1 aliphatic heterocycles. The van der Waals surface area contributed by atoms with E-state index in [0.29, 0.717) is 13.0 Å². The van der Waals surface area contributed by atoms with Crippen LogP contribution in [-0.2, 0) is 4.79 Å². The van der Waals surface area contributed by atoms with Crippen LogP contribution in [0.25, 0.3) is 0 Å². The van der Waals surface area contributed by atoms with Crippen LogP contribution >= 0.6 is 24.0 Å². The number of halogens is 1. The van der Waals surface area contributed by atoms with Crippen molar-refractivity contribution in [3.05, 3.63) is 0 Å². The molecule has 0 radical (unpaired) electrons. The third kappa shape index (κ3) is 10.2. The molecule has 1 aliphatic rings. The van der Waals surface area contributed by atoms with Gasteiger partial charge < -0.3 is 20.4 Å². The molecule has 7 heteroatoms. The molecule has 0 unspecified atom stereocenters. The first-order valence-corrected chi connectivity index (χ1v) is 9.62. The van der Waals surface area contributed by atoms with Crippen molar-refractivity contribution in [2.45, 2.75) is 47.0 Å². The number of amides is 1. The number of hydrogen-bond acceptors (Lipinski definition) is 3. The average molecular weight is 467 g/mol. The van der Waals surface area contributed by atoms with Crippen LogP contribution in [0, 0.1) is 5.92 Å². The molecule has 0 spiro atoms. The number of guanidine groups is 1. The van der Waals surface area contributed by atoms with Crippen LogP contribution in [0.1, 0.15) is 47.0 Å². The zero-order valence-corrected chi connectivity index (χ0v) is 18.8. The number of aliphatic imine (C=N–C) groups is 1. The topological polar surface area (TPSA) is 60.0 Å². The van der Waals surface area contributed by atoms with Gasteiger partial charge in [-0.05, 0) is 52.6 Å². The quantitative estimate of drug-likeness (QED) is 0.310. The number of nitrogens with zero attached hydrogens (tertiary/aromatic N) is 3. The Morgan fingerprint density at radius 2 is 1.80 bits per heavy atom. The fourth-order valence-electron chi connectivity index (χ4n) is 2.95. The van der Waals surface area contributed by atoms with E-state index in [9.17, 15) is 4.79 Å². The number of carbonyl (C=O) groups excluding carboxylic acids is 1. The number of nitrogens with one attached hydrogen (secondary N) is 2. The van der Waals surface area contributed by atoms with Gasteiger partial charge in [0.2, 0.25) is 5.91 Å². The molecule has 0 aromatic heterocycles. The van der Waals surface area contributed by atoms with E-state index in [1.54, 1.807) is 0 Å². The van der Waals surface area contributed by atoms with Gasteiger partial charge in [0.05, 0.1) is 6.54 Å². The number of piperidine rings is 1. The van der Waals surface area contributed by atoms with Crippen molar-refractivity contribution < 1.29 is 4.79 Å². The molecule has 0 saturated carbocycles. The number of likely N-dealkylation sites (tertiary alicyclic amines) is 1. The minimum atomic E-state index is 0. The second-order valence-electron chi connectivity index (χ2n) is 6.53. The van der Waals surface area contributed by atoms with Crippen LogP contribution in [0.3, 0.4) is 0 Å². The molecule has 1 amide bonds. The van der Waals surface area contributed by atoms with Gasteiger partial charge >= 0.3 is 0 Å². The summed E-state index contributed by atoms with van der Waals surface area (Å²) in [6.07, 6.45) is 3.11. The predicted octanol–water partition coefficient (Wildman–Crippen LogP) is 2.15. The fourth-order valence-corrected chi connectivity index (χ4v) is 2.95. The molecule has 0 bridgehead atoms. The highest BCUT2D eigenvalue weighted by molar-refractivity contribution is 14.0. The lowest BCUT2D eigenvalue weighted by Crippen LogP contribution is -2.41. The fraction of sp³-hybridized carbons (Fsp3) is 0.889. The zero-order valence-electron chi connectivity index (χ0n) is 16.5. The standard InChI is InChI=1S/C18H37N5O.HI/c1-5-19-18(20-11-8-17(24)23(6-2)7-3)21-12-15-22-13-9-16(4)10-14-22;/h16H,5-15H2,1-4H3,(H2,19,20,21);1H. The summed E-state index contributed by atoms with van der Waals surface area (Å²) in [5.74, 6) is 1.88. The molecule has 0 aromatic carbocycles. The van der Waals surface area contributed by atoms with Crippen molar-refractivity contribution in [3.63, 3.8) is 0 Å². The minimum Gasteiger partial charge on any atom is -0.357 e. The molecule has 0 aliphatic carbocycles. The number of rotatable bonds is 9. The Morgan fingerprint density at radius 1 is 1.16 bits per heavy atom. The van der Waals surface area contributed by atoms with E-state index in [1.165, 1.54) is 25.9 Å². The maximum Gasteiger partial charge on any atom is 0.224 e. The first kappa shape index (κ1) is 24.4. The lowest BCUT2D eigenvalue weighted by molar-refractivity contribution is -0.130. The largest absolute Gasteiger partial charge is 0.357 e. The van der Waals surface area contributed by atoms with Crippen molar-refractivity contribution in [1.82, 2.24) is 20.4 Å². The molecular weight excluding hydrogens is 429 g/mol. The van der Waals surface area contributed by atoms with E-state index in [0.717, 1.165) is 44.6 Å². The normalized spacial score (nSPS) is 16.2. The van der Waals surface area contributed by atoms with Crippen molar-refractivity contribution in [2.24, 2.45) is 10.9 Å². The second kappa shape index (κ2) is 14.6. The SMILES string of the molecule is CCNC(=NCCN1CCC(C)CC1)NCCC(=O)N(CC)CC.I. The third-order valence-electron chi connectivity index (χ3n) is 4.65. The number of hydrogen-bond donors (Lipinski definition) is 2. The highest BCUT2D eigenvalue weighted by Gasteiger charge is 2.14. The maximum absolute atomic E-state index is 12.0. The lowest BCUT2D eigenvalue weighted by atomic mass is 9.99. The molecule has 2 N–H and O–H groups in total. The molecule has 1 heterocycles. The maximum atomic E-state index is 12.0. The minimum absolute atomic E-state index is 0. The Bertz CT molecular complexity index is 380. The first-order valence-electron chi connectivity index (χ1n) is 9.62. The molecule has 1 saturated heterocycles. The predicted molar refractivity (Wildman–Crippen MR) is 117 cm³/mol. The molecule has 0 aromatic rings. The van der Waals surface area contributed by atoms with Crippen molar-refractivity contribution in [3.8, 4) is 0 Å². The molecule has 0 atom stereocenters. The Hall–Kier alpha value is -0.570. The summed E-state index contributed by atoms with van der Waals surface area (Å²) in [5.41, 5.74) is 0. The van der Waals surface area contributed by atoms with Gasteiger partial charge in [0, 0.05) is 39.1 Å². The van der Waals surface area contributed by atoms with Gasteiger partial charge in [-0.25, -0.2) is 0 Å². The van der Waals surface area contributed by atoms with Crippen LogP contribution in [0.15, 0.2) is 4.99 Å². The second-order valence-corrected chi connectivity index (χ2v) is 6.53. The molecule has 148 valence electrons. The van der Waals surface area contributed by atoms with E-state index in [1.807, 2.05) is 18.7 Å². The van der Waals surface area contributed by atoms with Gasteiger partial charge in [-0.2, -0.15) is 0 Å². The molecule has 25 heavy (non-hydrogen) atoms. The van der Waals surface area contributed by atoms with Gasteiger partial charge in [0.15, 0.2) is 5.96 Å². The van der Waals surface area contributed by atoms with Gasteiger partial charge in [-0.1, -0.05) is 6.92 Å². The van der Waals surface area contributed by atoms with Crippen LogP contribution in [0.5, 0.6) is 0 Å². The van der Waals surface area contributed by atoms with E-state index >= 15 is 0 Å². The van der Waals surface area contributed by atoms with Gasteiger partial charge in [0.25, 0.3) is 0 Å². The lowest BCUT2D eigenvalue weighted by Gasteiger charge is -2.29. The van der Waals surface area contributed by atoms with Crippen molar-refractivity contribution in [2.75, 3.05) is 52.4 Å². The average Bonchev–Trinajstić information content (AvgIpc) is 2.58. The van der Waals surface area contributed by atoms with Crippen molar-refractivity contribution in [1.29, 1.82) is 0 Å². The molecule has 1 fully saturated rings. The van der Waals surface area contributed by atoms with E-state index < -0.39 is 0 Å². The number of carbonyl (C=O) groups is 1. The summed E-state index contributed by atoms with van der Waals surface area (Å²) in [7, 11) is 0. The van der Waals surface area contributed by atoms with Crippen LogP contribution in [-0.4, -0.2) is 74.0 Å². The van der Waals surface area contributed by atoms with Gasteiger partial charge in [-0.3, -0.25) is 9.79 Å². The summed E-state index contributed by atoms with van der Waals surface area (Å²) < 4.78 is 0. The van der Waals surface area contributed by atoms with E-state index in [-0.39, 0.29) is 29.9 Å². The highest BCUT2D eigenvalue weighted by atomic mass is 127. The van der Waals surface area contributed by atoms with Crippen LogP contribution in [0.2, 0.25) is 0 Å². The Kier molecular flexibility index (Phi) is 14.3. The van der Waals surface area contributed by atoms with Crippen LogP contribution in [0.4, 0.5) is 0 Å². The third-order valence-corrected chi connectivity index (χ3v) is 4.65. The van der Waals surface area contributed by atoms with Gasteiger partial charge in [-0.15, -0.1) is 24.0 Å². The first-order chi connectivity index (χ1) is 11.6. The summed E-state index contributed by atoms with van der Waals surface area (Å²) in [5, 5.41) is 6.53. The van der Waals surface area contributed by atoms with Gasteiger partial charge in [0.1, 0.15) is 0 Å². The Morgan fingerprint density at radius 3 is 2.36 bits per heavy atom. The van der Waals surface area contributed by atoms with E-state index in [2.05, 4.69) is 34.4 Å². The summed E-state index contributed by atoms with van der Waals surface area (Å²) in [4.78, 5) is 21.0. The summed E-state index contributed by atoms with van der Waals surface area (Å²) in [6.45, 7) is 15.6. The van der Waals surface area contributed by atoms with E-state index in [4.69, 9.17) is 0 Å². The van der Waals surface area contributed by atoms with Crippen LogP contribution < -0.4 is 10.6 Å². The zero-order chi connectivity index (χ0) is 17.8. The molecule has 1 rings (SSSR count). The molecular formula is C18H38IN5O. The molecule has 6 nitrogen and oxygen atoms in total. The Balaban J connectivity index is 0.00000576. The summed E-state index contributed by atoms with van der Waals surface area (Å²) >= 11 is 0. The highest BCUT2D eigenvalue weighted by Crippen LogP contribution is 2.15. The Labute approximate surface area is 171 Å². The van der Waals surface area contributed by atoms with Crippen molar-refractivity contribution >= 4 is 35.8 Å².